The Morgan fingerprint density at radius 2 is 1.65 bits per heavy atom. The van der Waals surface area contributed by atoms with E-state index in [2.05, 4.69) is 19.3 Å². The topological polar surface area (TPSA) is 12.0 Å². The first kappa shape index (κ1) is 13.4. The first-order valence-corrected chi connectivity index (χ1v) is 8.02. The Hall–Kier alpha value is -0.0400. The Kier molecular flexibility index (Phi) is 5.34. The molecule has 1 unspecified atom stereocenters. The fraction of sp³-hybridized carbons (Fsp3) is 1.00. The van der Waals surface area contributed by atoms with Crippen LogP contribution in [0.4, 0.5) is 0 Å². The molecule has 0 aliphatic heterocycles. The van der Waals surface area contributed by atoms with Crippen molar-refractivity contribution in [3.8, 4) is 0 Å². The molecule has 1 N–H and O–H groups in total. The van der Waals surface area contributed by atoms with E-state index in [1.807, 2.05) is 0 Å². The first-order valence-electron chi connectivity index (χ1n) is 8.02. The van der Waals surface area contributed by atoms with Gasteiger partial charge in [0.25, 0.3) is 0 Å². The van der Waals surface area contributed by atoms with E-state index in [9.17, 15) is 0 Å². The van der Waals surface area contributed by atoms with Gasteiger partial charge in [0.15, 0.2) is 0 Å². The Morgan fingerprint density at radius 1 is 1.00 bits per heavy atom. The van der Waals surface area contributed by atoms with Gasteiger partial charge in [-0.1, -0.05) is 45.4 Å². The third-order valence-electron chi connectivity index (χ3n) is 5.36. The van der Waals surface area contributed by atoms with Crippen LogP contribution in [0.3, 0.4) is 0 Å². The lowest BCUT2D eigenvalue weighted by atomic mass is 9.69. The molecule has 100 valence electrons. The zero-order valence-corrected chi connectivity index (χ0v) is 11.9. The summed E-state index contributed by atoms with van der Waals surface area (Å²) in [7, 11) is 2.19. The Morgan fingerprint density at radius 3 is 2.12 bits per heavy atom. The lowest BCUT2D eigenvalue weighted by molar-refractivity contribution is 0.134. The van der Waals surface area contributed by atoms with Gasteiger partial charge in [0.1, 0.15) is 0 Å². The van der Waals surface area contributed by atoms with Crippen molar-refractivity contribution in [2.45, 2.75) is 77.2 Å². The summed E-state index contributed by atoms with van der Waals surface area (Å²) in [6.45, 7) is 2.32. The molecule has 2 aliphatic carbocycles. The Bertz CT molecular complexity index is 202. The monoisotopic (exact) mass is 237 g/mol. The van der Waals surface area contributed by atoms with Crippen LogP contribution in [0, 0.1) is 17.8 Å². The Balaban J connectivity index is 1.73. The number of unbranched alkanes of at least 4 members (excludes halogenated alkanes) is 1. The van der Waals surface area contributed by atoms with Crippen molar-refractivity contribution in [3.63, 3.8) is 0 Å². The molecule has 0 amide bonds. The average molecular weight is 237 g/mol. The van der Waals surface area contributed by atoms with E-state index in [1.165, 1.54) is 64.2 Å². The fourth-order valence-electron chi connectivity index (χ4n) is 3.98. The normalized spacial score (nSPS) is 32.1. The summed E-state index contributed by atoms with van der Waals surface area (Å²) < 4.78 is 0. The number of rotatable bonds is 6. The number of hydrogen-bond donors (Lipinski definition) is 1. The second-order valence-corrected chi connectivity index (χ2v) is 6.43. The van der Waals surface area contributed by atoms with Gasteiger partial charge in [-0.3, -0.25) is 0 Å². The maximum absolute atomic E-state index is 3.63. The summed E-state index contributed by atoms with van der Waals surface area (Å²) in [5.41, 5.74) is 0. The van der Waals surface area contributed by atoms with E-state index >= 15 is 0 Å². The highest BCUT2D eigenvalue weighted by Gasteiger charge is 2.34. The predicted molar refractivity (Wildman–Crippen MR) is 75.2 cm³/mol. The van der Waals surface area contributed by atoms with Crippen molar-refractivity contribution >= 4 is 0 Å². The van der Waals surface area contributed by atoms with Crippen LogP contribution in [-0.4, -0.2) is 13.1 Å². The first-order chi connectivity index (χ1) is 8.35. The molecular formula is C16H31N. The molecule has 1 atom stereocenters. The minimum absolute atomic E-state index is 0.843. The van der Waals surface area contributed by atoms with Gasteiger partial charge in [-0.05, 0) is 50.5 Å². The van der Waals surface area contributed by atoms with E-state index < -0.39 is 0 Å². The third kappa shape index (κ3) is 3.47. The molecule has 0 aromatic heterocycles. The fourth-order valence-corrected chi connectivity index (χ4v) is 3.98. The smallest absolute Gasteiger partial charge is 0.0121 e. The van der Waals surface area contributed by atoms with Crippen molar-refractivity contribution < 1.29 is 0 Å². The number of hydrogen-bond acceptors (Lipinski definition) is 1. The van der Waals surface area contributed by atoms with Gasteiger partial charge in [0.2, 0.25) is 0 Å². The quantitative estimate of drug-likeness (QED) is 0.723. The zero-order chi connectivity index (χ0) is 12.1. The summed E-state index contributed by atoms with van der Waals surface area (Å²) in [5, 5.41) is 3.63. The van der Waals surface area contributed by atoms with Gasteiger partial charge in [0, 0.05) is 6.04 Å². The van der Waals surface area contributed by atoms with Gasteiger partial charge >= 0.3 is 0 Å². The zero-order valence-electron chi connectivity index (χ0n) is 11.9. The largest absolute Gasteiger partial charge is 0.316 e. The van der Waals surface area contributed by atoms with Crippen LogP contribution < -0.4 is 5.32 Å². The summed E-state index contributed by atoms with van der Waals surface area (Å²) in [5.74, 6) is 3.06. The van der Waals surface area contributed by atoms with E-state index in [0.717, 1.165) is 23.8 Å². The van der Waals surface area contributed by atoms with Crippen LogP contribution in [0.25, 0.3) is 0 Å². The maximum atomic E-state index is 3.63. The molecule has 1 heteroatoms. The molecule has 1 nitrogen and oxygen atoms in total. The third-order valence-corrected chi connectivity index (χ3v) is 5.36. The molecule has 0 saturated heterocycles. The van der Waals surface area contributed by atoms with E-state index in [4.69, 9.17) is 0 Å². The molecule has 0 bridgehead atoms. The molecule has 17 heavy (non-hydrogen) atoms. The molecule has 2 saturated carbocycles. The molecule has 2 rings (SSSR count). The lowest BCUT2D eigenvalue weighted by Gasteiger charge is -2.41. The van der Waals surface area contributed by atoms with Crippen LogP contribution >= 0.6 is 0 Å². The van der Waals surface area contributed by atoms with Gasteiger partial charge in [-0.25, -0.2) is 0 Å². The molecule has 2 fully saturated rings. The minimum atomic E-state index is 0.843. The SMILES string of the molecule is CCCCC1CCC(C(NC)C2CCC2)CC1. The van der Waals surface area contributed by atoms with Gasteiger partial charge < -0.3 is 5.32 Å². The number of nitrogens with one attached hydrogen (secondary N) is 1. The predicted octanol–water partition coefficient (Wildman–Crippen LogP) is 4.37. The van der Waals surface area contributed by atoms with Gasteiger partial charge in [0.05, 0.1) is 0 Å². The average Bonchev–Trinajstić information content (AvgIpc) is 2.32. The standard InChI is InChI=1S/C16H31N/c1-3-4-6-13-9-11-15(12-10-13)16(17-2)14-7-5-8-14/h13-17H,3-12H2,1-2H3. The molecule has 0 aromatic rings. The highest BCUT2D eigenvalue weighted by atomic mass is 14.9. The summed E-state index contributed by atoms with van der Waals surface area (Å²) in [4.78, 5) is 0. The molecule has 0 aromatic carbocycles. The molecular weight excluding hydrogens is 206 g/mol. The highest BCUT2D eigenvalue weighted by molar-refractivity contribution is 4.89. The lowest BCUT2D eigenvalue weighted by Crippen LogP contribution is -2.44. The van der Waals surface area contributed by atoms with Crippen LogP contribution in [0.1, 0.15) is 71.1 Å². The molecule has 0 radical (unpaired) electrons. The van der Waals surface area contributed by atoms with Crippen LogP contribution in [0.2, 0.25) is 0 Å². The van der Waals surface area contributed by atoms with E-state index in [1.54, 1.807) is 0 Å². The van der Waals surface area contributed by atoms with Crippen molar-refractivity contribution in [1.29, 1.82) is 0 Å². The van der Waals surface area contributed by atoms with E-state index in [0.29, 0.717) is 0 Å². The van der Waals surface area contributed by atoms with E-state index in [-0.39, 0.29) is 0 Å². The van der Waals surface area contributed by atoms with Gasteiger partial charge in [-0.15, -0.1) is 0 Å². The Labute approximate surface area is 108 Å². The molecule has 0 spiro atoms. The van der Waals surface area contributed by atoms with Gasteiger partial charge in [-0.2, -0.15) is 0 Å². The maximum Gasteiger partial charge on any atom is 0.0121 e. The van der Waals surface area contributed by atoms with Crippen molar-refractivity contribution in [1.82, 2.24) is 5.32 Å². The van der Waals surface area contributed by atoms with Crippen molar-refractivity contribution in [3.05, 3.63) is 0 Å². The van der Waals surface area contributed by atoms with Crippen LogP contribution in [0.5, 0.6) is 0 Å². The summed E-state index contributed by atoms with van der Waals surface area (Å²) >= 11 is 0. The summed E-state index contributed by atoms with van der Waals surface area (Å²) in [6, 6.07) is 0.843. The second kappa shape index (κ2) is 6.78. The molecule has 2 aliphatic rings. The second-order valence-electron chi connectivity index (χ2n) is 6.43. The van der Waals surface area contributed by atoms with Crippen molar-refractivity contribution in [2.75, 3.05) is 7.05 Å². The molecule has 0 heterocycles. The minimum Gasteiger partial charge on any atom is -0.316 e. The van der Waals surface area contributed by atoms with Crippen LogP contribution in [-0.2, 0) is 0 Å². The van der Waals surface area contributed by atoms with Crippen LogP contribution in [0.15, 0.2) is 0 Å². The summed E-state index contributed by atoms with van der Waals surface area (Å²) in [6.07, 6.45) is 14.8. The van der Waals surface area contributed by atoms with Crippen molar-refractivity contribution in [2.24, 2.45) is 17.8 Å². The highest BCUT2D eigenvalue weighted by Crippen LogP contribution is 2.40.